The van der Waals surface area contributed by atoms with Gasteiger partial charge < -0.3 is 21.9 Å². The number of nitrogens with two attached hydrogens (primary N) is 2. The van der Waals surface area contributed by atoms with Crippen molar-refractivity contribution in [2.45, 2.75) is 6.92 Å². The van der Waals surface area contributed by atoms with E-state index in [-0.39, 0.29) is 12.4 Å². The molecule has 0 amide bonds. The molecule has 0 aromatic heterocycles. The third kappa shape index (κ3) is 6.89. The molecule has 74 valence electrons. The van der Waals surface area contributed by atoms with E-state index in [0.717, 1.165) is 0 Å². The maximum atomic E-state index is 8.49. The maximum absolute atomic E-state index is 8.49. The highest BCUT2D eigenvalue weighted by Crippen LogP contribution is 1.92. The predicted octanol–water partition coefficient (Wildman–Crippen LogP) is -0.741. The fraction of sp³-hybridized carbons (Fsp3) is 0.375. The Morgan fingerprint density at radius 3 is 2.69 bits per heavy atom. The van der Waals surface area contributed by atoms with E-state index in [1.54, 1.807) is 13.0 Å². The van der Waals surface area contributed by atoms with Crippen LogP contribution in [0, 0.1) is 0 Å². The molecule has 0 aromatic rings. The second-order valence-electron chi connectivity index (χ2n) is 2.50. The second-order valence-corrected chi connectivity index (χ2v) is 2.50. The van der Waals surface area contributed by atoms with Gasteiger partial charge in [-0.1, -0.05) is 6.58 Å². The van der Waals surface area contributed by atoms with Crippen molar-refractivity contribution in [3.05, 3.63) is 24.2 Å². The summed E-state index contributed by atoms with van der Waals surface area (Å²) in [5.74, 6) is 0.680. The summed E-state index contributed by atoms with van der Waals surface area (Å²) < 4.78 is 0. The summed E-state index contributed by atoms with van der Waals surface area (Å²) >= 11 is 0. The van der Waals surface area contributed by atoms with Crippen LogP contribution in [0.2, 0.25) is 0 Å². The van der Waals surface area contributed by atoms with E-state index < -0.39 is 0 Å². The van der Waals surface area contributed by atoms with Crippen LogP contribution in [0.15, 0.2) is 29.2 Å². The molecule has 0 unspecified atom stereocenters. The molecule has 0 rings (SSSR count). The lowest BCUT2D eigenvalue weighted by Crippen LogP contribution is -2.16. The number of rotatable bonds is 5. The third-order valence-corrected chi connectivity index (χ3v) is 1.09. The molecule has 5 nitrogen and oxygen atoms in total. The van der Waals surface area contributed by atoms with Crippen LogP contribution in [-0.2, 0) is 0 Å². The fourth-order valence-electron chi connectivity index (χ4n) is 0.682. The maximum Gasteiger partial charge on any atom is 0.127 e. The topological polar surface area (TPSA) is 96.7 Å². The molecule has 0 heterocycles. The molecule has 0 aliphatic carbocycles. The lowest BCUT2D eigenvalue weighted by atomic mass is 10.4. The Hall–Kier alpha value is -1.49. The number of aliphatic hydroxyl groups excluding tert-OH is 1. The van der Waals surface area contributed by atoms with Crippen LogP contribution in [0.25, 0.3) is 0 Å². The molecule has 13 heavy (non-hydrogen) atoms. The largest absolute Gasteiger partial charge is 0.395 e. The first-order valence-electron chi connectivity index (χ1n) is 3.88. The second kappa shape index (κ2) is 6.07. The number of nitrogens with zero attached hydrogens (tertiary/aromatic N) is 1. The van der Waals surface area contributed by atoms with Crippen LogP contribution in [0.1, 0.15) is 6.92 Å². The molecule has 0 saturated carbocycles. The summed E-state index contributed by atoms with van der Waals surface area (Å²) in [6.07, 6.45) is 1.55. The molecule has 0 bridgehead atoms. The Morgan fingerprint density at radius 2 is 2.23 bits per heavy atom. The standard InChI is InChI=1S/C8H16N4O/c1-6(11-3-4-13)5-8(10)12-7(2)9/h5,11,13H,1,3-4,10H2,2H3,(H2,9,12)/b8-5-. The van der Waals surface area contributed by atoms with Crippen molar-refractivity contribution < 1.29 is 5.11 Å². The van der Waals surface area contributed by atoms with E-state index in [4.69, 9.17) is 16.6 Å². The van der Waals surface area contributed by atoms with E-state index in [1.165, 1.54) is 0 Å². The van der Waals surface area contributed by atoms with Crippen molar-refractivity contribution >= 4 is 5.84 Å². The van der Waals surface area contributed by atoms with Crippen molar-refractivity contribution in [3.63, 3.8) is 0 Å². The Labute approximate surface area is 77.8 Å². The van der Waals surface area contributed by atoms with Crippen LogP contribution in [0.4, 0.5) is 0 Å². The van der Waals surface area contributed by atoms with Gasteiger partial charge in [-0.25, -0.2) is 4.99 Å². The Balaban J connectivity index is 4.07. The fourth-order valence-corrected chi connectivity index (χ4v) is 0.682. The zero-order valence-corrected chi connectivity index (χ0v) is 7.75. The Morgan fingerprint density at radius 1 is 1.62 bits per heavy atom. The number of allylic oxidation sites excluding steroid dienone is 1. The monoisotopic (exact) mass is 184 g/mol. The molecule has 0 spiro atoms. The van der Waals surface area contributed by atoms with Crippen LogP contribution >= 0.6 is 0 Å². The van der Waals surface area contributed by atoms with Crippen LogP contribution in [-0.4, -0.2) is 24.1 Å². The summed E-state index contributed by atoms with van der Waals surface area (Å²) in [6.45, 7) is 5.78. The van der Waals surface area contributed by atoms with Gasteiger partial charge in [0.05, 0.1) is 12.4 Å². The Bertz CT molecular complexity index is 228. The van der Waals surface area contributed by atoms with Gasteiger partial charge in [-0.05, 0) is 6.92 Å². The lowest BCUT2D eigenvalue weighted by Gasteiger charge is -2.03. The van der Waals surface area contributed by atoms with Crippen molar-refractivity contribution in [2.75, 3.05) is 13.2 Å². The molecule has 0 radical (unpaired) electrons. The molecule has 0 aromatic carbocycles. The lowest BCUT2D eigenvalue weighted by molar-refractivity contribution is 0.297. The molecule has 0 fully saturated rings. The van der Waals surface area contributed by atoms with E-state index in [1.807, 2.05) is 0 Å². The minimum atomic E-state index is 0.0476. The van der Waals surface area contributed by atoms with E-state index in [9.17, 15) is 0 Å². The van der Waals surface area contributed by atoms with Crippen LogP contribution < -0.4 is 16.8 Å². The highest BCUT2D eigenvalue weighted by molar-refractivity contribution is 5.78. The molecule has 0 aliphatic rings. The highest BCUT2D eigenvalue weighted by Gasteiger charge is 1.90. The molecule has 5 heteroatoms. The molecule has 0 atom stereocenters. The number of amidine groups is 1. The van der Waals surface area contributed by atoms with Gasteiger partial charge in [0, 0.05) is 18.3 Å². The van der Waals surface area contributed by atoms with Gasteiger partial charge in [-0.3, -0.25) is 0 Å². The number of aliphatic hydroxyl groups is 1. The first-order valence-corrected chi connectivity index (χ1v) is 3.88. The minimum absolute atomic E-state index is 0.0476. The zero-order chi connectivity index (χ0) is 10.3. The zero-order valence-electron chi connectivity index (χ0n) is 7.75. The first-order chi connectivity index (χ1) is 6.06. The van der Waals surface area contributed by atoms with Gasteiger partial charge in [0.2, 0.25) is 0 Å². The predicted molar refractivity (Wildman–Crippen MR) is 53.8 cm³/mol. The average molecular weight is 184 g/mol. The normalized spacial score (nSPS) is 12.8. The molecule has 6 N–H and O–H groups in total. The van der Waals surface area contributed by atoms with Crippen LogP contribution in [0.5, 0.6) is 0 Å². The van der Waals surface area contributed by atoms with Crippen LogP contribution in [0.3, 0.4) is 0 Å². The van der Waals surface area contributed by atoms with Crippen molar-refractivity contribution in [1.29, 1.82) is 0 Å². The van der Waals surface area contributed by atoms with Crippen molar-refractivity contribution in [2.24, 2.45) is 16.5 Å². The van der Waals surface area contributed by atoms with E-state index in [2.05, 4.69) is 16.9 Å². The summed E-state index contributed by atoms with van der Waals surface area (Å²) in [5, 5.41) is 11.3. The van der Waals surface area contributed by atoms with Gasteiger partial charge in [0.15, 0.2) is 0 Å². The third-order valence-electron chi connectivity index (χ3n) is 1.09. The number of aliphatic imine (C=N–C) groups is 1. The molecular weight excluding hydrogens is 168 g/mol. The highest BCUT2D eigenvalue weighted by atomic mass is 16.3. The van der Waals surface area contributed by atoms with Gasteiger partial charge in [-0.2, -0.15) is 0 Å². The minimum Gasteiger partial charge on any atom is -0.395 e. The summed E-state index contributed by atoms with van der Waals surface area (Å²) in [5.41, 5.74) is 11.4. The molecular formula is C8H16N4O. The van der Waals surface area contributed by atoms with Gasteiger partial charge in [0.25, 0.3) is 0 Å². The summed E-state index contributed by atoms with van der Waals surface area (Å²) in [7, 11) is 0. The van der Waals surface area contributed by atoms with Gasteiger partial charge in [-0.15, -0.1) is 0 Å². The van der Waals surface area contributed by atoms with Gasteiger partial charge in [0.1, 0.15) is 5.82 Å². The number of hydrogen-bond acceptors (Lipinski definition) is 4. The SMILES string of the molecule is C=C(/C=C(N)\N=C(\C)N)NCCO. The number of hydrogen-bond donors (Lipinski definition) is 4. The first kappa shape index (κ1) is 11.5. The Kier molecular flexibility index (Phi) is 5.38. The average Bonchev–Trinajstić information content (AvgIpc) is 1.98. The van der Waals surface area contributed by atoms with E-state index in [0.29, 0.717) is 18.1 Å². The quantitative estimate of drug-likeness (QED) is 0.257. The summed E-state index contributed by atoms with van der Waals surface area (Å²) in [6, 6.07) is 0. The van der Waals surface area contributed by atoms with Crippen molar-refractivity contribution in [1.82, 2.24) is 5.32 Å². The summed E-state index contributed by atoms with van der Waals surface area (Å²) in [4.78, 5) is 3.80. The van der Waals surface area contributed by atoms with Crippen molar-refractivity contribution in [3.8, 4) is 0 Å². The molecule has 0 aliphatic heterocycles. The van der Waals surface area contributed by atoms with Gasteiger partial charge >= 0.3 is 0 Å². The smallest absolute Gasteiger partial charge is 0.127 e. The molecule has 0 saturated heterocycles. The number of nitrogens with one attached hydrogen (secondary N) is 1. The van der Waals surface area contributed by atoms with E-state index >= 15 is 0 Å².